The van der Waals surface area contributed by atoms with Crippen LogP contribution in [-0.4, -0.2) is 33.5 Å². The number of methoxy groups -OCH3 is 1. The van der Waals surface area contributed by atoms with E-state index in [-0.39, 0.29) is 11.7 Å². The largest absolute Gasteiger partial charge is 0.497 e. The summed E-state index contributed by atoms with van der Waals surface area (Å²) in [6.07, 6.45) is 1.60. The third kappa shape index (κ3) is 4.20. The molecule has 26 heavy (non-hydrogen) atoms. The maximum Gasteiger partial charge on any atom is 0.234 e. The molecule has 0 radical (unpaired) electrons. The molecule has 1 N–H and O–H groups in total. The Kier molecular flexibility index (Phi) is 5.51. The third-order valence-electron chi connectivity index (χ3n) is 3.50. The average Bonchev–Trinajstić information content (AvgIpc) is 3.15. The van der Waals surface area contributed by atoms with E-state index in [1.54, 1.807) is 42.3 Å². The maximum atomic E-state index is 12.1. The van der Waals surface area contributed by atoms with Crippen molar-refractivity contribution in [1.82, 2.24) is 14.8 Å². The van der Waals surface area contributed by atoms with Crippen LogP contribution in [0.25, 0.3) is 5.69 Å². The van der Waals surface area contributed by atoms with E-state index in [0.717, 1.165) is 11.4 Å². The van der Waals surface area contributed by atoms with Crippen molar-refractivity contribution in [3.8, 4) is 17.5 Å². The summed E-state index contributed by atoms with van der Waals surface area (Å²) >= 11 is 1.29. The molecule has 0 aliphatic carbocycles. The number of anilines is 1. The van der Waals surface area contributed by atoms with Crippen molar-refractivity contribution < 1.29 is 9.53 Å². The normalized spacial score (nSPS) is 10.2. The van der Waals surface area contributed by atoms with Crippen molar-refractivity contribution >= 4 is 23.4 Å². The summed E-state index contributed by atoms with van der Waals surface area (Å²) in [5.74, 6) is 0.788. The molecule has 0 atom stereocenters. The van der Waals surface area contributed by atoms with Crippen molar-refractivity contribution in [2.45, 2.75) is 5.16 Å². The number of benzene rings is 2. The van der Waals surface area contributed by atoms with Gasteiger partial charge in [-0.15, -0.1) is 10.2 Å². The maximum absolute atomic E-state index is 12.1. The van der Waals surface area contributed by atoms with Crippen LogP contribution in [0.3, 0.4) is 0 Å². The molecule has 0 bridgehead atoms. The van der Waals surface area contributed by atoms with E-state index in [1.165, 1.54) is 11.8 Å². The van der Waals surface area contributed by atoms with Gasteiger partial charge >= 0.3 is 0 Å². The molecule has 0 saturated carbocycles. The van der Waals surface area contributed by atoms with E-state index in [2.05, 4.69) is 15.5 Å². The minimum absolute atomic E-state index is 0.163. The lowest BCUT2D eigenvalue weighted by Crippen LogP contribution is -2.14. The highest BCUT2D eigenvalue weighted by atomic mass is 32.2. The number of amides is 1. The Hall–Kier alpha value is -3.31. The van der Waals surface area contributed by atoms with Gasteiger partial charge < -0.3 is 10.1 Å². The lowest BCUT2D eigenvalue weighted by atomic mass is 10.2. The standard InChI is InChI=1S/C18H15N5O2S/c1-25-16-8-6-15(7-9-16)23-12-20-22-18(23)26-11-17(24)21-14-4-2-13(10-19)3-5-14/h2-9,12H,11H2,1H3,(H,21,24). The number of rotatable bonds is 6. The summed E-state index contributed by atoms with van der Waals surface area (Å²) in [4.78, 5) is 12.1. The first-order valence-electron chi connectivity index (χ1n) is 7.67. The molecule has 2 aromatic carbocycles. The molecular weight excluding hydrogens is 350 g/mol. The molecule has 3 rings (SSSR count). The fraction of sp³-hybridized carbons (Fsp3) is 0.111. The smallest absolute Gasteiger partial charge is 0.234 e. The van der Waals surface area contributed by atoms with Gasteiger partial charge in [-0.05, 0) is 48.5 Å². The van der Waals surface area contributed by atoms with E-state index < -0.39 is 0 Å². The van der Waals surface area contributed by atoms with Crippen molar-refractivity contribution in [3.63, 3.8) is 0 Å². The van der Waals surface area contributed by atoms with Gasteiger partial charge in [0.1, 0.15) is 12.1 Å². The Bertz CT molecular complexity index is 929. The number of ether oxygens (including phenoxy) is 1. The SMILES string of the molecule is COc1ccc(-n2cnnc2SCC(=O)Nc2ccc(C#N)cc2)cc1. The monoisotopic (exact) mass is 365 g/mol. The van der Waals surface area contributed by atoms with Gasteiger partial charge in [-0.3, -0.25) is 9.36 Å². The van der Waals surface area contributed by atoms with Crippen LogP contribution in [-0.2, 0) is 4.79 Å². The predicted octanol–water partition coefficient (Wildman–Crippen LogP) is 2.88. The van der Waals surface area contributed by atoms with Gasteiger partial charge in [-0.1, -0.05) is 11.8 Å². The van der Waals surface area contributed by atoms with E-state index in [0.29, 0.717) is 16.4 Å². The molecule has 1 amide bonds. The van der Waals surface area contributed by atoms with E-state index >= 15 is 0 Å². The molecule has 130 valence electrons. The molecule has 0 saturated heterocycles. The van der Waals surface area contributed by atoms with Crippen LogP contribution in [0.4, 0.5) is 5.69 Å². The summed E-state index contributed by atoms with van der Waals surface area (Å²) in [6, 6.07) is 16.2. The van der Waals surface area contributed by atoms with Gasteiger partial charge in [0.05, 0.1) is 24.5 Å². The van der Waals surface area contributed by atoms with Crippen molar-refractivity contribution in [2.75, 3.05) is 18.2 Å². The van der Waals surface area contributed by atoms with Gasteiger partial charge in [0.2, 0.25) is 5.91 Å². The molecule has 3 aromatic rings. The minimum Gasteiger partial charge on any atom is -0.497 e. The van der Waals surface area contributed by atoms with Crippen LogP contribution in [0, 0.1) is 11.3 Å². The van der Waals surface area contributed by atoms with Crippen LogP contribution in [0.5, 0.6) is 5.75 Å². The van der Waals surface area contributed by atoms with Gasteiger partial charge in [-0.2, -0.15) is 5.26 Å². The minimum atomic E-state index is -0.163. The highest BCUT2D eigenvalue weighted by Crippen LogP contribution is 2.21. The number of hydrogen-bond acceptors (Lipinski definition) is 6. The zero-order valence-corrected chi connectivity index (χ0v) is 14.7. The van der Waals surface area contributed by atoms with Crippen LogP contribution in [0.1, 0.15) is 5.56 Å². The predicted molar refractivity (Wildman–Crippen MR) is 98.4 cm³/mol. The van der Waals surface area contributed by atoms with Gasteiger partial charge in [0, 0.05) is 11.4 Å². The van der Waals surface area contributed by atoms with E-state index in [9.17, 15) is 4.79 Å². The molecule has 0 unspecified atom stereocenters. The van der Waals surface area contributed by atoms with E-state index in [1.807, 2.05) is 30.3 Å². The summed E-state index contributed by atoms with van der Waals surface area (Å²) < 4.78 is 6.96. The van der Waals surface area contributed by atoms with Crippen molar-refractivity contribution in [3.05, 3.63) is 60.4 Å². The van der Waals surface area contributed by atoms with E-state index in [4.69, 9.17) is 10.00 Å². The number of hydrogen-bond donors (Lipinski definition) is 1. The number of carbonyl (C=O) groups excluding carboxylic acids is 1. The Labute approximate surface area is 154 Å². The second kappa shape index (κ2) is 8.18. The zero-order chi connectivity index (χ0) is 18.4. The van der Waals surface area contributed by atoms with Gasteiger partial charge in [0.25, 0.3) is 0 Å². The second-order valence-electron chi connectivity index (χ2n) is 5.21. The number of thioether (sulfide) groups is 1. The quantitative estimate of drug-likeness (QED) is 0.675. The van der Waals surface area contributed by atoms with Crippen molar-refractivity contribution in [2.24, 2.45) is 0 Å². The topological polar surface area (TPSA) is 92.8 Å². The second-order valence-corrected chi connectivity index (χ2v) is 6.15. The third-order valence-corrected chi connectivity index (χ3v) is 4.44. The lowest BCUT2D eigenvalue weighted by molar-refractivity contribution is -0.113. The summed E-state index contributed by atoms with van der Waals surface area (Å²) in [7, 11) is 1.61. The van der Waals surface area contributed by atoms with Crippen LogP contribution < -0.4 is 10.1 Å². The number of carbonyl (C=O) groups is 1. The molecule has 1 aromatic heterocycles. The lowest BCUT2D eigenvalue weighted by Gasteiger charge is -2.08. The molecule has 0 fully saturated rings. The first-order chi connectivity index (χ1) is 12.7. The molecular formula is C18H15N5O2S. The summed E-state index contributed by atoms with van der Waals surface area (Å²) in [5.41, 5.74) is 2.07. The van der Waals surface area contributed by atoms with Crippen LogP contribution in [0.2, 0.25) is 0 Å². The van der Waals surface area contributed by atoms with Crippen molar-refractivity contribution in [1.29, 1.82) is 5.26 Å². The van der Waals surface area contributed by atoms with Crippen LogP contribution >= 0.6 is 11.8 Å². The molecule has 1 heterocycles. The van der Waals surface area contributed by atoms with Gasteiger partial charge in [-0.25, -0.2) is 0 Å². The molecule has 8 heteroatoms. The highest BCUT2D eigenvalue weighted by Gasteiger charge is 2.10. The Morgan fingerprint density at radius 1 is 1.23 bits per heavy atom. The number of nitrogens with one attached hydrogen (secondary N) is 1. The Balaban J connectivity index is 1.62. The zero-order valence-electron chi connectivity index (χ0n) is 13.9. The first kappa shape index (κ1) is 17.5. The summed E-state index contributed by atoms with van der Waals surface area (Å²) in [6.45, 7) is 0. The Morgan fingerprint density at radius 3 is 2.62 bits per heavy atom. The summed E-state index contributed by atoms with van der Waals surface area (Å²) in [5, 5.41) is 20.2. The van der Waals surface area contributed by atoms with Gasteiger partial charge in [0.15, 0.2) is 5.16 Å². The number of aromatic nitrogens is 3. The highest BCUT2D eigenvalue weighted by molar-refractivity contribution is 7.99. The first-order valence-corrected chi connectivity index (χ1v) is 8.65. The Morgan fingerprint density at radius 2 is 1.96 bits per heavy atom. The molecule has 0 aliphatic heterocycles. The number of nitriles is 1. The number of nitrogens with zero attached hydrogens (tertiary/aromatic N) is 4. The fourth-order valence-corrected chi connectivity index (χ4v) is 2.93. The molecule has 0 spiro atoms. The van der Waals surface area contributed by atoms with Crippen LogP contribution in [0.15, 0.2) is 60.0 Å². The average molecular weight is 365 g/mol. The molecule has 0 aliphatic rings. The fourth-order valence-electron chi connectivity index (χ4n) is 2.20. The molecule has 7 nitrogen and oxygen atoms in total.